The molecule has 0 unspecified atom stereocenters. The standard InChI is InChI=1S/C53H47N3O/c1-52(2,3)43-31-40(32-44(35-43)56(51-27-17-18-30-54-51)49-26-16-15-25-45(49)38-21-11-7-12-22-38)47-33-39(37-19-9-6-10-20-37)34-48(55-47)46-36-42(28-29-50(46)57)53(4,5)41-23-13-8-14-24-41/h6-36,57H,1-5H3. The molecule has 0 aliphatic rings. The molecule has 4 heteroatoms. The third-order valence-corrected chi connectivity index (χ3v) is 10.9. The van der Waals surface area contributed by atoms with E-state index < -0.39 is 0 Å². The summed E-state index contributed by atoms with van der Waals surface area (Å²) >= 11 is 0. The lowest BCUT2D eigenvalue weighted by atomic mass is 9.77. The van der Waals surface area contributed by atoms with Gasteiger partial charge < -0.3 is 5.11 Å². The van der Waals surface area contributed by atoms with Crippen molar-refractivity contribution in [2.45, 2.75) is 45.4 Å². The number of para-hydroxylation sites is 1. The summed E-state index contributed by atoms with van der Waals surface area (Å²) in [5, 5.41) is 11.5. The number of benzene rings is 6. The Bertz CT molecular complexity index is 2630. The predicted molar refractivity (Wildman–Crippen MR) is 237 cm³/mol. The zero-order valence-corrected chi connectivity index (χ0v) is 33.2. The number of phenols is 1. The predicted octanol–water partition coefficient (Wildman–Crippen LogP) is 13.9. The number of aromatic nitrogens is 2. The zero-order chi connectivity index (χ0) is 39.6. The van der Waals surface area contributed by atoms with E-state index >= 15 is 0 Å². The minimum Gasteiger partial charge on any atom is -0.507 e. The first-order valence-electron chi connectivity index (χ1n) is 19.5. The topological polar surface area (TPSA) is 49.3 Å². The zero-order valence-electron chi connectivity index (χ0n) is 33.2. The van der Waals surface area contributed by atoms with Crippen molar-refractivity contribution in [2.75, 3.05) is 4.90 Å². The SMILES string of the molecule is CC(C)(C)c1cc(-c2cc(-c3ccccc3)cc(-c3cc(C(C)(C)c4ccccc4)ccc3O)n2)cc(N(c2ccccn2)c2ccccc2-c2ccccc2)c1. The van der Waals surface area contributed by atoms with Gasteiger partial charge >= 0.3 is 0 Å². The van der Waals surface area contributed by atoms with Crippen molar-refractivity contribution in [2.24, 2.45) is 0 Å². The highest BCUT2D eigenvalue weighted by atomic mass is 16.3. The van der Waals surface area contributed by atoms with Crippen LogP contribution in [0.4, 0.5) is 17.2 Å². The number of nitrogens with zero attached hydrogens (tertiary/aromatic N) is 3. The molecular formula is C53H47N3O. The first kappa shape index (κ1) is 37.2. The van der Waals surface area contributed by atoms with Crippen LogP contribution >= 0.6 is 0 Å². The number of anilines is 3. The highest BCUT2D eigenvalue weighted by molar-refractivity contribution is 5.89. The van der Waals surface area contributed by atoms with Crippen LogP contribution in [0.15, 0.2) is 188 Å². The minimum atomic E-state index is -0.301. The highest BCUT2D eigenvalue weighted by Gasteiger charge is 2.26. The molecule has 8 aromatic rings. The molecule has 280 valence electrons. The van der Waals surface area contributed by atoms with Gasteiger partial charge in [0.25, 0.3) is 0 Å². The maximum atomic E-state index is 11.5. The highest BCUT2D eigenvalue weighted by Crippen LogP contribution is 2.44. The Kier molecular flexibility index (Phi) is 10.0. The smallest absolute Gasteiger partial charge is 0.137 e. The normalized spacial score (nSPS) is 11.7. The summed E-state index contributed by atoms with van der Waals surface area (Å²) in [6, 6.07) is 62.9. The lowest BCUT2D eigenvalue weighted by Crippen LogP contribution is -2.18. The molecular weight excluding hydrogens is 695 g/mol. The van der Waals surface area contributed by atoms with E-state index in [2.05, 4.69) is 179 Å². The van der Waals surface area contributed by atoms with E-state index in [0.717, 1.165) is 61.8 Å². The average molecular weight is 742 g/mol. The van der Waals surface area contributed by atoms with E-state index in [1.54, 1.807) is 6.07 Å². The molecule has 2 heterocycles. The van der Waals surface area contributed by atoms with Gasteiger partial charge in [0.15, 0.2) is 0 Å². The summed E-state index contributed by atoms with van der Waals surface area (Å²) in [7, 11) is 0. The average Bonchev–Trinajstić information content (AvgIpc) is 3.25. The van der Waals surface area contributed by atoms with Gasteiger partial charge in [0.05, 0.1) is 17.1 Å². The van der Waals surface area contributed by atoms with Crippen molar-refractivity contribution < 1.29 is 5.11 Å². The van der Waals surface area contributed by atoms with Crippen LogP contribution in [0.5, 0.6) is 5.75 Å². The Balaban J connectivity index is 1.36. The van der Waals surface area contributed by atoms with Gasteiger partial charge in [-0.25, -0.2) is 9.97 Å². The molecule has 0 saturated carbocycles. The molecule has 57 heavy (non-hydrogen) atoms. The molecule has 0 fully saturated rings. The van der Waals surface area contributed by atoms with E-state index in [4.69, 9.17) is 9.97 Å². The fourth-order valence-electron chi connectivity index (χ4n) is 7.50. The number of hydrogen-bond donors (Lipinski definition) is 1. The summed E-state index contributed by atoms with van der Waals surface area (Å²) in [4.78, 5) is 12.6. The second-order valence-corrected chi connectivity index (χ2v) is 16.1. The lowest BCUT2D eigenvalue weighted by Gasteiger charge is -2.29. The molecule has 0 aliphatic heterocycles. The number of phenolic OH excluding ortho intramolecular Hbond substituents is 1. The molecule has 0 spiro atoms. The third-order valence-electron chi connectivity index (χ3n) is 10.9. The van der Waals surface area contributed by atoms with Crippen molar-refractivity contribution in [3.63, 3.8) is 0 Å². The fraction of sp³-hybridized carbons (Fsp3) is 0.132. The first-order chi connectivity index (χ1) is 27.6. The van der Waals surface area contributed by atoms with Gasteiger partial charge in [-0.2, -0.15) is 0 Å². The summed E-state index contributed by atoms with van der Waals surface area (Å²) in [5.74, 6) is 1.00. The van der Waals surface area contributed by atoms with Crippen molar-refractivity contribution in [3.05, 3.63) is 205 Å². The van der Waals surface area contributed by atoms with Crippen LogP contribution < -0.4 is 4.90 Å². The van der Waals surface area contributed by atoms with Crippen LogP contribution in [0, 0.1) is 0 Å². The Morgan fingerprint density at radius 3 is 1.77 bits per heavy atom. The molecule has 4 nitrogen and oxygen atoms in total. The molecule has 0 radical (unpaired) electrons. The van der Waals surface area contributed by atoms with Crippen molar-refractivity contribution in [1.29, 1.82) is 0 Å². The van der Waals surface area contributed by atoms with E-state index in [0.29, 0.717) is 11.3 Å². The molecule has 8 rings (SSSR count). The summed E-state index contributed by atoms with van der Waals surface area (Å²) in [5.41, 5.74) is 12.4. The summed E-state index contributed by atoms with van der Waals surface area (Å²) in [6.07, 6.45) is 1.85. The van der Waals surface area contributed by atoms with Crippen molar-refractivity contribution >= 4 is 17.2 Å². The Morgan fingerprint density at radius 1 is 0.456 bits per heavy atom. The summed E-state index contributed by atoms with van der Waals surface area (Å²) < 4.78 is 0. The van der Waals surface area contributed by atoms with Crippen LogP contribution in [0.2, 0.25) is 0 Å². The minimum absolute atomic E-state index is 0.186. The second-order valence-electron chi connectivity index (χ2n) is 16.1. The van der Waals surface area contributed by atoms with Crippen LogP contribution in [-0.2, 0) is 10.8 Å². The Hall–Kier alpha value is -6.78. The van der Waals surface area contributed by atoms with Gasteiger partial charge in [-0.3, -0.25) is 4.90 Å². The van der Waals surface area contributed by atoms with Gasteiger partial charge in [0, 0.05) is 34.0 Å². The van der Waals surface area contributed by atoms with Gasteiger partial charge in [0.1, 0.15) is 11.6 Å². The van der Waals surface area contributed by atoms with Crippen LogP contribution in [0.3, 0.4) is 0 Å². The van der Waals surface area contributed by atoms with Gasteiger partial charge in [-0.15, -0.1) is 0 Å². The van der Waals surface area contributed by atoms with Crippen LogP contribution in [-0.4, -0.2) is 15.1 Å². The van der Waals surface area contributed by atoms with E-state index in [1.165, 1.54) is 5.56 Å². The summed E-state index contributed by atoms with van der Waals surface area (Å²) in [6.45, 7) is 11.2. The van der Waals surface area contributed by atoms with Gasteiger partial charge in [0.2, 0.25) is 0 Å². The number of aromatic hydroxyl groups is 1. The van der Waals surface area contributed by atoms with Crippen molar-refractivity contribution in [1.82, 2.24) is 9.97 Å². The first-order valence-corrected chi connectivity index (χ1v) is 19.5. The maximum Gasteiger partial charge on any atom is 0.137 e. The van der Waals surface area contributed by atoms with E-state index in [9.17, 15) is 5.11 Å². The monoisotopic (exact) mass is 741 g/mol. The quantitative estimate of drug-likeness (QED) is 0.160. The molecule has 0 atom stereocenters. The van der Waals surface area contributed by atoms with Crippen molar-refractivity contribution in [3.8, 4) is 50.5 Å². The lowest BCUT2D eigenvalue weighted by molar-refractivity contribution is 0.476. The molecule has 0 saturated heterocycles. The van der Waals surface area contributed by atoms with Gasteiger partial charge in [-0.05, 0) is 99.5 Å². The van der Waals surface area contributed by atoms with Gasteiger partial charge in [-0.1, -0.05) is 156 Å². The fourth-order valence-corrected chi connectivity index (χ4v) is 7.50. The van der Waals surface area contributed by atoms with Crippen LogP contribution in [0.1, 0.15) is 51.3 Å². The molecule has 0 bridgehead atoms. The molecule has 6 aromatic carbocycles. The Labute approximate surface area is 336 Å². The maximum absolute atomic E-state index is 11.5. The molecule has 1 N–H and O–H groups in total. The van der Waals surface area contributed by atoms with E-state index in [-0.39, 0.29) is 16.6 Å². The molecule has 0 aliphatic carbocycles. The number of rotatable bonds is 9. The largest absolute Gasteiger partial charge is 0.507 e. The Morgan fingerprint density at radius 2 is 1.09 bits per heavy atom. The van der Waals surface area contributed by atoms with Crippen LogP contribution in [0.25, 0.3) is 44.8 Å². The number of hydrogen-bond acceptors (Lipinski definition) is 4. The van der Waals surface area contributed by atoms with E-state index in [1.807, 2.05) is 42.6 Å². The second kappa shape index (κ2) is 15.4. The number of pyridine rings is 2. The third kappa shape index (κ3) is 7.72. The molecule has 0 amide bonds. The molecule has 2 aromatic heterocycles.